The van der Waals surface area contributed by atoms with Gasteiger partial charge in [0.1, 0.15) is 5.82 Å². The van der Waals surface area contributed by atoms with E-state index in [1.807, 2.05) is 0 Å². The molecule has 1 heterocycles. The molecule has 80 valence electrons. The molecule has 0 fully saturated rings. The van der Waals surface area contributed by atoms with Crippen molar-refractivity contribution in [2.24, 2.45) is 0 Å². The van der Waals surface area contributed by atoms with Gasteiger partial charge in [0.25, 0.3) is 0 Å². The van der Waals surface area contributed by atoms with Crippen LogP contribution >= 0.6 is 11.6 Å². The van der Waals surface area contributed by atoms with Gasteiger partial charge in [0, 0.05) is 23.5 Å². The monoisotopic (exact) mass is 236 g/mol. The van der Waals surface area contributed by atoms with Gasteiger partial charge in [-0.3, -0.25) is 4.79 Å². The molecule has 0 amide bonds. The molecule has 0 radical (unpaired) electrons. The van der Waals surface area contributed by atoms with Crippen LogP contribution in [0.25, 0.3) is 11.1 Å². The summed E-state index contributed by atoms with van der Waals surface area (Å²) < 4.78 is 13.7. The lowest BCUT2D eigenvalue weighted by Gasteiger charge is -2.03. The van der Waals surface area contributed by atoms with E-state index in [2.05, 4.69) is 9.97 Å². The van der Waals surface area contributed by atoms with Gasteiger partial charge < -0.3 is 0 Å². The van der Waals surface area contributed by atoms with Gasteiger partial charge in [-0.15, -0.1) is 0 Å². The highest BCUT2D eigenvalue weighted by molar-refractivity contribution is 6.28. The summed E-state index contributed by atoms with van der Waals surface area (Å²) in [5, 5.41) is 0.0932. The van der Waals surface area contributed by atoms with Crippen LogP contribution in [0.4, 0.5) is 4.39 Å². The number of carbonyl (C=O) groups excluding carboxylic acids is 1. The van der Waals surface area contributed by atoms with Crippen LogP contribution in [0.15, 0.2) is 30.6 Å². The molecule has 0 N–H and O–H groups in total. The van der Waals surface area contributed by atoms with Crippen molar-refractivity contribution in [3.05, 3.63) is 47.3 Å². The number of aromatic nitrogens is 2. The van der Waals surface area contributed by atoms with Gasteiger partial charge in [-0.1, -0.05) is 12.1 Å². The molecular formula is C11H6ClFN2O. The minimum absolute atomic E-state index is 0.00690. The first-order valence-electron chi connectivity index (χ1n) is 4.44. The third kappa shape index (κ3) is 1.92. The number of carbonyl (C=O) groups is 1. The van der Waals surface area contributed by atoms with E-state index in [-0.39, 0.29) is 16.4 Å². The van der Waals surface area contributed by atoms with Crippen LogP contribution in [-0.2, 0) is 0 Å². The highest BCUT2D eigenvalue weighted by Gasteiger charge is 2.09. The second-order valence-electron chi connectivity index (χ2n) is 3.07. The summed E-state index contributed by atoms with van der Waals surface area (Å²) in [4.78, 5) is 18.1. The molecule has 0 saturated heterocycles. The molecular weight excluding hydrogens is 231 g/mol. The summed E-state index contributed by atoms with van der Waals surface area (Å²) in [6.07, 6.45) is 3.28. The van der Waals surface area contributed by atoms with Crippen LogP contribution in [0.5, 0.6) is 0 Å². The van der Waals surface area contributed by atoms with E-state index in [1.54, 1.807) is 12.1 Å². The minimum Gasteiger partial charge on any atom is -0.298 e. The lowest BCUT2D eigenvalue weighted by atomic mass is 10.1. The summed E-state index contributed by atoms with van der Waals surface area (Å²) in [7, 11) is 0. The van der Waals surface area contributed by atoms with Crippen molar-refractivity contribution < 1.29 is 9.18 Å². The Morgan fingerprint density at radius 3 is 2.56 bits per heavy atom. The van der Waals surface area contributed by atoms with Gasteiger partial charge in [-0.05, 0) is 17.7 Å². The molecule has 2 aromatic rings. The lowest BCUT2D eigenvalue weighted by Crippen LogP contribution is -1.93. The number of hydrogen-bond acceptors (Lipinski definition) is 3. The molecule has 1 aromatic heterocycles. The van der Waals surface area contributed by atoms with Crippen LogP contribution in [0.2, 0.25) is 5.28 Å². The molecule has 0 aliphatic heterocycles. The van der Waals surface area contributed by atoms with Crippen LogP contribution in [0.3, 0.4) is 0 Å². The first kappa shape index (κ1) is 10.7. The molecule has 0 atom stereocenters. The first-order chi connectivity index (χ1) is 7.72. The van der Waals surface area contributed by atoms with Crippen LogP contribution in [0.1, 0.15) is 10.4 Å². The van der Waals surface area contributed by atoms with E-state index >= 15 is 0 Å². The van der Waals surface area contributed by atoms with E-state index in [0.717, 1.165) is 0 Å². The van der Waals surface area contributed by atoms with Crippen molar-refractivity contribution in [1.29, 1.82) is 0 Å². The molecule has 3 nitrogen and oxygen atoms in total. The van der Waals surface area contributed by atoms with Crippen LogP contribution in [0, 0.1) is 5.82 Å². The van der Waals surface area contributed by atoms with Gasteiger partial charge in [-0.2, -0.15) is 0 Å². The minimum atomic E-state index is -0.580. The molecule has 1 aromatic carbocycles. The van der Waals surface area contributed by atoms with Gasteiger partial charge in [0.05, 0.1) is 5.56 Å². The predicted octanol–water partition coefficient (Wildman–Crippen LogP) is 2.75. The zero-order valence-electron chi connectivity index (χ0n) is 8.02. The summed E-state index contributed by atoms with van der Waals surface area (Å²) in [5.41, 5.74) is 0.763. The number of rotatable bonds is 2. The molecule has 0 bridgehead atoms. The highest BCUT2D eigenvalue weighted by atomic mass is 35.5. The maximum atomic E-state index is 13.7. The molecule has 0 aliphatic rings. The Bertz CT molecular complexity index is 528. The fourth-order valence-corrected chi connectivity index (χ4v) is 1.41. The lowest BCUT2D eigenvalue weighted by molar-refractivity contribution is 0.112. The Morgan fingerprint density at radius 1 is 1.25 bits per heavy atom. The second-order valence-corrected chi connectivity index (χ2v) is 3.41. The van der Waals surface area contributed by atoms with Crippen molar-refractivity contribution in [1.82, 2.24) is 9.97 Å². The maximum Gasteiger partial charge on any atom is 0.222 e. The zero-order valence-corrected chi connectivity index (χ0v) is 8.78. The van der Waals surface area contributed by atoms with Gasteiger partial charge in [0.2, 0.25) is 5.28 Å². The number of halogens is 2. The van der Waals surface area contributed by atoms with Crippen LogP contribution in [-0.4, -0.2) is 16.3 Å². The van der Waals surface area contributed by atoms with Crippen molar-refractivity contribution >= 4 is 17.9 Å². The second kappa shape index (κ2) is 4.37. The summed E-state index contributed by atoms with van der Waals surface area (Å²) in [5.74, 6) is -0.580. The first-order valence-corrected chi connectivity index (χ1v) is 4.82. The van der Waals surface area contributed by atoms with Gasteiger partial charge >= 0.3 is 0 Å². The Kier molecular flexibility index (Phi) is 2.92. The summed E-state index contributed by atoms with van der Waals surface area (Å²) in [6.45, 7) is 0. The topological polar surface area (TPSA) is 42.9 Å². The van der Waals surface area contributed by atoms with Gasteiger partial charge in [-0.25, -0.2) is 14.4 Å². The van der Waals surface area contributed by atoms with E-state index in [0.29, 0.717) is 11.8 Å². The molecule has 5 heteroatoms. The van der Waals surface area contributed by atoms with Gasteiger partial charge in [0.15, 0.2) is 6.29 Å². The quantitative estimate of drug-likeness (QED) is 0.595. The Balaban J connectivity index is 2.56. The zero-order chi connectivity index (χ0) is 11.5. The summed E-state index contributed by atoms with van der Waals surface area (Å²) in [6, 6.07) is 4.55. The van der Waals surface area contributed by atoms with Crippen LogP contribution < -0.4 is 0 Å². The predicted molar refractivity (Wildman–Crippen MR) is 57.8 cm³/mol. The van der Waals surface area contributed by atoms with E-state index in [4.69, 9.17) is 11.6 Å². The van der Waals surface area contributed by atoms with E-state index in [9.17, 15) is 9.18 Å². The maximum absolute atomic E-state index is 13.7. The Hall–Kier alpha value is -1.81. The molecule has 0 saturated carbocycles. The number of nitrogens with zero attached hydrogens (tertiary/aromatic N) is 2. The van der Waals surface area contributed by atoms with Crippen molar-refractivity contribution in [3.63, 3.8) is 0 Å². The Labute approximate surface area is 95.9 Å². The standard InChI is InChI=1S/C11H6ClFN2O/c12-11-14-4-8(5-15-11)9-3-1-2-7(6-16)10(9)13/h1-6H. The third-order valence-corrected chi connectivity index (χ3v) is 2.28. The number of benzene rings is 1. The number of hydrogen-bond donors (Lipinski definition) is 0. The largest absolute Gasteiger partial charge is 0.298 e. The normalized spacial score (nSPS) is 10.1. The van der Waals surface area contributed by atoms with E-state index in [1.165, 1.54) is 18.5 Å². The molecule has 2 rings (SSSR count). The average Bonchev–Trinajstić information content (AvgIpc) is 2.31. The number of aldehydes is 1. The van der Waals surface area contributed by atoms with Crippen molar-refractivity contribution in [2.45, 2.75) is 0 Å². The molecule has 16 heavy (non-hydrogen) atoms. The SMILES string of the molecule is O=Cc1cccc(-c2cnc(Cl)nc2)c1F. The van der Waals surface area contributed by atoms with Crippen molar-refractivity contribution in [3.8, 4) is 11.1 Å². The van der Waals surface area contributed by atoms with E-state index < -0.39 is 5.82 Å². The van der Waals surface area contributed by atoms with Crippen molar-refractivity contribution in [2.75, 3.05) is 0 Å². The molecule has 0 aliphatic carbocycles. The smallest absolute Gasteiger partial charge is 0.222 e. The summed E-state index contributed by atoms with van der Waals surface area (Å²) >= 11 is 5.53. The average molecular weight is 237 g/mol. The molecule has 0 spiro atoms. The molecule has 0 unspecified atom stereocenters. The Morgan fingerprint density at radius 2 is 1.94 bits per heavy atom. The fraction of sp³-hybridized carbons (Fsp3) is 0. The third-order valence-electron chi connectivity index (χ3n) is 2.09. The highest BCUT2D eigenvalue weighted by Crippen LogP contribution is 2.23. The fourth-order valence-electron chi connectivity index (χ4n) is 1.32.